The van der Waals surface area contributed by atoms with E-state index in [0.29, 0.717) is 34.4 Å². The lowest BCUT2D eigenvalue weighted by Crippen LogP contribution is -2.29. The number of rotatable bonds is 4. The Balaban J connectivity index is 1.70. The number of carbonyl (C=O) groups excluding carboxylic acids is 3. The van der Waals surface area contributed by atoms with Crippen LogP contribution in [-0.4, -0.2) is 24.8 Å². The van der Waals surface area contributed by atoms with Crippen LogP contribution in [0.2, 0.25) is 5.02 Å². The van der Waals surface area contributed by atoms with E-state index in [0.717, 1.165) is 4.90 Å². The van der Waals surface area contributed by atoms with Crippen molar-refractivity contribution in [1.29, 1.82) is 0 Å². The number of nitrogens with one attached hydrogen (secondary N) is 1. The Bertz CT molecular complexity index is 1320. The third-order valence-corrected chi connectivity index (χ3v) is 9.88. The van der Waals surface area contributed by atoms with E-state index in [9.17, 15) is 14.4 Å². The number of hydrogen-bond acceptors (Lipinski definition) is 4. The molecule has 0 saturated carbocycles. The average Bonchev–Trinajstić information content (AvgIpc) is 3.06. The first kappa shape index (κ1) is 24.4. The van der Waals surface area contributed by atoms with Crippen molar-refractivity contribution in [2.24, 2.45) is 0 Å². The molecule has 3 aromatic carbocycles. The van der Waals surface area contributed by atoms with Gasteiger partial charge in [0.1, 0.15) is 5.75 Å². The second-order valence-electron chi connectivity index (χ2n) is 6.80. The van der Waals surface area contributed by atoms with E-state index in [2.05, 4.69) is 69.0 Å². The number of benzene rings is 3. The number of amides is 3. The van der Waals surface area contributed by atoms with Crippen molar-refractivity contribution in [2.75, 3.05) is 17.3 Å². The number of halogens is 5. The maximum atomic E-state index is 13.2. The van der Waals surface area contributed by atoms with Crippen LogP contribution in [-0.2, 0) is 0 Å². The molecule has 0 atom stereocenters. The van der Waals surface area contributed by atoms with Crippen LogP contribution in [0.5, 0.6) is 5.75 Å². The van der Waals surface area contributed by atoms with E-state index in [4.69, 9.17) is 16.3 Å². The van der Waals surface area contributed by atoms with Gasteiger partial charge in [0.2, 0.25) is 0 Å². The van der Waals surface area contributed by atoms with E-state index >= 15 is 0 Å². The third kappa shape index (κ3) is 4.27. The van der Waals surface area contributed by atoms with Crippen molar-refractivity contribution in [1.82, 2.24) is 0 Å². The minimum atomic E-state index is -0.509. The quantitative estimate of drug-likeness (QED) is 0.173. The molecule has 3 aromatic rings. The van der Waals surface area contributed by atoms with E-state index in [1.165, 1.54) is 13.2 Å². The SMILES string of the molecule is COc1ccc(Cl)cc1NC(=O)c1cccc(N2C(=O)c3c(Br)c(Br)c(Br)c(Br)c3C2=O)c1. The normalized spacial score (nSPS) is 12.7. The standard InChI is InChI=1S/C22H11Br4ClN2O4/c1-33-13-6-5-10(27)8-12(13)28-20(30)9-3-2-4-11(7-9)29-21(31)14-15(22(29)32)17(24)19(26)18(25)16(14)23/h2-8H,1H3,(H,28,30). The van der Waals surface area contributed by atoms with Crippen LogP contribution >= 0.6 is 75.3 Å². The van der Waals surface area contributed by atoms with Crippen LogP contribution in [0.3, 0.4) is 0 Å². The summed E-state index contributed by atoms with van der Waals surface area (Å²) >= 11 is 19.6. The molecule has 33 heavy (non-hydrogen) atoms. The summed E-state index contributed by atoms with van der Waals surface area (Å²) in [5.74, 6) is -1.04. The van der Waals surface area contributed by atoms with Crippen LogP contribution in [0.25, 0.3) is 0 Å². The van der Waals surface area contributed by atoms with Crippen LogP contribution in [0.15, 0.2) is 60.4 Å². The molecule has 168 valence electrons. The number of nitrogens with zero attached hydrogens (tertiary/aromatic N) is 1. The summed E-state index contributed by atoms with van der Waals surface area (Å²) in [6, 6.07) is 11.1. The minimum Gasteiger partial charge on any atom is -0.495 e. The van der Waals surface area contributed by atoms with Crippen LogP contribution < -0.4 is 15.0 Å². The van der Waals surface area contributed by atoms with Gasteiger partial charge in [0.05, 0.1) is 29.6 Å². The Hall–Kier alpha value is -1.72. The first-order valence-electron chi connectivity index (χ1n) is 9.15. The number of hydrogen-bond donors (Lipinski definition) is 1. The molecule has 0 saturated heterocycles. The highest BCUT2D eigenvalue weighted by atomic mass is 79.9. The lowest BCUT2D eigenvalue weighted by atomic mass is 10.1. The lowest BCUT2D eigenvalue weighted by Gasteiger charge is -2.15. The molecule has 0 radical (unpaired) electrons. The van der Waals surface area contributed by atoms with Gasteiger partial charge in [-0.2, -0.15) is 0 Å². The monoisotopic (exact) mass is 718 g/mol. The zero-order valence-electron chi connectivity index (χ0n) is 16.5. The molecule has 0 bridgehead atoms. The molecule has 0 aromatic heterocycles. The Labute approximate surface area is 227 Å². The molecule has 0 spiro atoms. The van der Waals surface area contributed by atoms with Crippen molar-refractivity contribution < 1.29 is 19.1 Å². The fourth-order valence-corrected chi connectivity index (χ4v) is 5.97. The summed E-state index contributed by atoms with van der Waals surface area (Å²) in [7, 11) is 1.48. The van der Waals surface area contributed by atoms with Crippen molar-refractivity contribution in [3.8, 4) is 5.75 Å². The highest BCUT2D eigenvalue weighted by Crippen LogP contribution is 2.46. The zero-order valence-corrected chi connectivity index (χ0v) is 23.6. The molecule has 1 N–H and O–H groups in total. The summed E-state index contributed by atoms with van der Waals surface area (Å²) < 4.78 is 7.36. The first-order valence-corrected chi connectivity index (χ1v) is 12.7. The predicted molar refractivity (Wildman–Crippen MR) is 141 cm³/mol. The topological polar surface area (TPSA) is 75.7 Å². The number of ether oxygens (including phenoxy) is 1. The summed E-state index contributed by atoms with van der Waals surface area (Å²) in [6.45, 7) is 0. The molecule has 0 unspecified atom stereocenters. The van der Waals surface area contributed by atoms with Crippen molar-refractivity contribution >= 4 is 104 Å². The summed E-state index contributed by atoms with van der Waals surface area (Å²) in [5.41, 5.74) is 1.34. The molecule has 6 nitrogen and oxygen atoms in total. The van der Waals surface area contributed by atoms with Gasteiger partial charge in [0.25, 0.3) is 17.7 Å². The molecule has 11 heteroatoms. The maximum absolute atomic E-state index is 13.2. The van der Waals surface area contributed by atoms with Crippen LogP contribution in [0, 0.1) is 0 Å². The summed E-state index contributed by atoms with van der Waals surface area (Å²) in [4.78, 5) is 40.4. The molecular formula is C22H11Br4ClN2O4. The van der Waals surface area contributed by atoms with Gasteiger partial charge < -0.3 is 10.1 Å². The van der Waals surface area contributed by atoms with E-state index in [1.54, 1.807) is 36.4 Å². The van der Waals surface area contributed by atoms with Gasteiger partial charge in [-0.15, -0.1) is 0 Å². The van der Waals surface area contributed by atoms with Crippen LogP contribution in [0.4, 0.5) is 11.4 Å². The lowest BCUT2D eigenvalue weighted by molar-refractivity contribution is 0.0923. The first-order chi connectivity index (χ1) is 15.6. The maximum Gasteiger partial charge on any atom is 0.267 e. The van der Waals surface area contributed by atoms with E-state index in [1.807, 2.05) is 0 Å². The fraction of sp³-hybridized carbons (Fsp3) is 0.0455. The molecule has 3 amide bonds. The third-order valence-electron chi connectivity index (χ3n) is 4.88. The van der Waals surface area contributed by atoms with Gasteiger partial charge in [-0.05, 0) is 100 Å². The fourth-order valence-electron chi connectivity index (χ4n) is 3.34. The largest absolute Gasteiger partial charge is 0.495 e. The molecule has 4 rings (SSSR count). The Morgan fingerprint density at radius 2 is 1.52 bits per heavy atom. The van der Waals surface area contributed by atoms with Crippen molar-refractivity contribution in [3.63, 3.8) is 0 Å². The van der Waals surface area contributed by atoms with Gasteiger partial charge >= 0.3 is 0 Å². The highest BCUT2D eigenvalue weighted by Gasteiger charge is 2.42. The van der Waals surface area contributed by atoms with Gasteiger partial charge in [-0.25, -0.2) is 4.90 Å². The number of fused-ring (bicyclic) bond motifs is 1. The molecule has 1 aliphatic rings. The zero-order chi connectivity index (χ0) is 24.0. The van der Waals surface area contributed by atoms with Gasteiger partial charge in [0, 0.05) is 28.5 Å². The molecular weight excluding hydrogens is 711 g/mol. The molecule has 0 fully saturated rings. The Kier molecular flexibility index (Phi) is 7.02. The van der Waals surface area contributed by atoms with Crippen molar-refractivity contribution in [2.45, 2.75) is 0 Å². The smallest absolute Gasteiger partial charge is 0.267 e. The number of carbonyl (C=O) groups is 3. The minimum absolute atomic E-state index is 0.223. The average molecular weight is 722 g/mol. The number of anilines is 2. The second-order valence-corrected chi connectivity index (χ2v) is 10.4. The van der Waals surface area contributed by atoms with Gasteiger partial charge in [-0.3, -0.25) is 14.4 Å². The molecule has 1 heterocycles. The Morgan fingerprint density at radius 3 is 2.09 bits per heavy atom. The van der Waals surface area contributed by atoms with Crippen LogP contribution in [0.1, 0.15) is 31.1 Å². The van der Waals surface area contributed by atoms with E-state index < -0.39 is 17.7 Å². The van der Waals surface area contributed by atoms with Gasteiger partial charge in [-0.1, -0.05) is 17.7 Å². The summed E-state index contributed by atoms with van der Waals surface area (Å²) in [5, 5.41) is 3.17. The van der Waals surface area contributed by atoms with Crippen molar-refractivity contribution in [3.05, 3.63) is 82.1 Å². The number of imide groups is 1. The number of methoxy groups -OCH3 is 1. The van der Waals surface area contributed by atoms with E-state index in [-0.39, 0.29) is 22.4 Å². The molecule has 1 aliphatic heterocycles. The molecule has 0 aliphatic carbocycles. The highest BCUT2D eigenvalue weighted by molar-refractivity contribution is 9.15. The summed E-state index contributed by atoms with van der Waals surface area (Å²) in [6.07, 6.45) is 0. The second kappa shape index (κ2) is 9.50. The predicted octanol–water partition coefficient (Wildman–Crippen LogP) is 7.45. The van der Waals surface area contributed by atoms with Gasteiger partial charge in [0.15, 0.2) is 0 Å². The Morgan fingerprint density at radius 1 is 0.909 bits per heavy atom.